The summed E-state index contributed by atoms with van der Waals surface area (Å²) in [5.74, 6) is 0.0232. The van der Waals surface area contributed by atoms with Crippen molar-refractivity contribution in [1.82, 2.24) is 0 Å². The molecule has 0 heterocycles. The van der Waals surface area contributed by atoms with E-state index >= 15 is 0 Å². The lowest BCUT2D eigenvalue weighted by molar-refractivity contribution is -0.0498. The Hall–Kier alpha value is -1.85. The van der Waals surface area contributed by atoms with Crippen molar-refractivity contribution in [3.05, 3.63) is 24.3 Å². The van der Waals surface area contributed by atoms with Crippen LogP contribution in [0.25, 0.3) is 0 Å². The Bertz CT molecular complexity index is 314. The number of hydrogen-bond donors (Lipinski definition) is 2. The smallest absolute Gasteiger partial charge is 0.387 e. The van der Waals surface area contributed by atoms with Crippen LogP contribution in [0.1, 0.15) is 0 Å². The Kier molecular flexibility index (Phi) is 3.22. The van der Waals surface area contributed by atoms with E-state index in [-0.39, 0.29) is 5.75 Å². The molecular weight excluding hydrogens is 194 g/mol. The van der Waals surface area contributed by atoms with E-state index in [4.69, 9.17) is 5.73 Å². The van der Waals surface area contributed by atoms with Crippen molar-refractivity contribution in [2.75, 3.05) is 5.32 Å². The van der Waals surface area contributed by atoms with Crippen LogP contribution in [0.2, 0.25) is 0 Å². The maximum absolute atomic E-state index is 11.7. The minimum absolute atomic E-state index is 0.0232. The van der Waals surface area contributed by atoms with Crippen molar-refractivity contribution in [3.8, 4) is 5.75 Å². The SMILES string of the molecule is NC(=O)Nc1ccc(OC(F)F)cc1. The van der Waals surface area contributed by atoms with Crippen LogP contribution < -0.4 is 15.8 Å². The van der Waals surface area contributed by atoms with Crippen molar-refractivity contribution in [2.24, 2.45) is 5.73 Å². The van der Waals surface area contributed by atoms with E-state index in [1.807, 2.05) is 0 Å². The summed E-state index contributed by atoms with van der Waals surface area (Å²) in [6.45, 7) is -2.86. The van der Waals surface area contributed by atoms with Crippen LogP contribution in [0.15, 0.2) is 24.3 Å². The predicted octanol–water partition coefficient (Wildman–Crippen LogP) is 1.78. The first kappa shape index (κ1) is 10.2. The first-order valence-corrected chi connectivity index (χ1v) is 3.69. The molecule has 1 aromatic rings. The van der Waals surface area contributed by atoms with Crippen molar-refractivity contribution < 1.29 is 18.3 Å². The fourth-order valence-corrected chi connectivity index (χ4v) is 0.862. The summed E-state index contributed by atoms with van der Waals surface area (Å²) >= 11 is 0. The number of urea groups is 1. The van der Waals surface area contributed by atoms with Crippen LogP contribution in [0.4, 0.5) is 19.3 Å². The Labute approximate surface area is 78.7 Å². The van der Waals surface area contributed by atoms with Crippen molar-refractivity contribution in [1.29, 1.82) is 0 Å². The number of benzene rings is 1. The zero-order chi connectivity index (χ0) is 10.6. The number of alkyl halides is 2. The van der Waals surface area contributed by atoms with Crippen LogP contribution in [-0.2, 0) is 0 Å². The molecule has 0 saturated carbocycles. The molecule has 0 fully saturated rings. The third-order valence-electron chi connectivity index (χ3n) is 1.35. The number of hydrogen-bond acceptors (Lipinski definition) is 2. The Morgan fingerprint density at radius 1 is 1.36 bits per heavy atom. The van der Waals surface area contributed by atoms with Crippen molar-refractivity contribution in [3.63, 3.8) is 0 Å². The molecule has 76 valence electrons. The molecule has 0 aliphatic rings. The lowest BCUT2D eigenvalue weighted by atomic mass is 10.3. The van der Waals surface area contributed by atoms with Crippen molar-refractivity contribution in [2.45, 2.75) is 6.61 Å². The fraction of sp³-hybridized carbons (Fsp3) is 0.125. The third kappa shape index (κ3) is 3.26. The van der Waals surface area contributed by atoms with Gasteiger partial charge in [-0.05, 0) is 24.3 Å². The number of rotatable bonds is 3. The Balaban J connectivity index is 2.63. The molecule has 1 rings (SSSR count). The van der Waals surface area contributed by atoms with Crippen LogP contribution in [0, 0.1) is 0 Å². The molecule has 0 saturated heterocycles. The normalized spacial score (nSPS) is 9.93. The van der Waals surface area contributed by atoms with Gasteiger partial charge in [0.05, 0.1) is 0 Å². The Morgan fingerprint density at radius 3 is 2.36 bits per heavy atom. The predicted molar refractivity (Wildman–Crippen MR) is 46.3 cm³/mol. The van der Waals surface area contributed by atoms with Crippen LogP contribution >= 0.6 is 0 Å². The summed E-state index contributed by atoms with van der Waals surface area (Å²) in [5.41, 5.74) is 5.26. The molecule has 3 N–H and O–H groups in total. The van der Waals surface area contributed by atoms with Gasteiger partial charge in [-0.15, -0.1) is 0 Å². The van der Waals surface area contributed by atoms with Gasteiger partial charge in [0.25, 0.3) is 0 Å². The first-order valence-electron chi connectivity index (χ1n) is 3.69. The third-order valence-corrected chi connectivity index (χ3v) is 1.35. The minimum Gasteiger partial charge on any atom is -0.435 e. The molecule has 0 aromatic heterocycles. The molecule has 0 radical (unpaired) electrons. The molecule has 0 atom stereocenters. The number of anilines is 1. The number of primary amides is 1. The zero-order valence-corrected chi connectivity index (χ0v) is 7.04. The second-order valence-corrected chi connectivity index (χ2v) is 2.39. The van der Waals surface area contributed by atoms with E-state index in [0.717, 1.165) is 0 Å². The Morgan fingerprint density at radius 2 is 1.93 bits per heavy atom. The van der Waals surface area contributed by atoms with E-state index in [0.29, 0.717) is 5.69 Å². The average molecular weight is 202 g/mol. The van der Waals surface area contributed by atoms with Crippen molar-refractivity contribution >= 4 is 11.7 Å². The molecule has 14 heavy (non-hydrogen) atoms. The highest BCUT2D eigenvalue weighted by atomic mass is 19.3. The summed E-state index contributed by atoms with van der Waals surface area (Å²) in [4.78, 5) is 10.4. The summed E-state index contributed by atoms with van der Waals surface area (Å²) in [6, 6.07) is 4.70. The topological polar surface area (TPSA) is 64.4 Å². The molecule has 0 spiro atoms. The van der Waals surface area contributed by atoms with E-state index in [2.05, 4.69) is 10.1 Å². The summed E-state index contributed by atoms with van der Waals surface area (Å²) < 4.78 is 27.5. The molecule has 0 bridgehead atoms. The van der Waals surface area contributed by atoms with Crippen LogP contribution in [-0.4, -0.2) is 12.6 Å². The average Bonchev–Trinajstić information content (AvgIpc) is 2.06. The van der Waals surface area contributed by atoms with Gasteiger partial charge in [0.1, 0.15) is 5.75 Å². The van der Waals surface area contributed by atoms with E-state index in [1.54, 1.807) is 0 Å². The van der Waals surface area contributed by atoms with Gasteiger partial charge in [-0.1, -0.05) is 0 Å². The number of carbonyl (C=O) groups is 1. The molecule has 0 aliphatic heterocycles. The molecule has 0 aliphatic carbocycles. The van der Waals surface area contributed by atoms with Gasteiger partial charge in [-0.3, -0.25) is 0 Å². The molecule has 0 unspecified atom stereocenters. The molecule has 2 amide bonds. The number of halogens is 2. The lowest BCUT2D eigenvalue weighted by Crippen LogP contribution is -2.19. The van der Waals surface area contributed by atoms with Gasteiger partial charge in [-0.2, -0.15) is 8.78 Å². The van der Waals surface area contributed by atoms with E-state index in [1.165, 1.54) is 24.3 Å². The number of amides is 2. The quantitative estimate of drug-likeness (QED) is 0.784. The first-order chi connectivity index (χ1) is 6.58. The summed E-state index contributed by atoms with van der Waals surface area (Å²) in [5, 5.41) is 2.28. The molecule has 6 heteroatoms. The second-order valence-electron chi connectivity index (χ2n) is 2.39. The van der Waals surface area contributed by atoms with Gasteiger partial charge in [-0.25, -0.2) is 4.79 Å². The molecule has 4 nitrogen and oxygen atoms in total. The number of carbonyl (C=O) groups excluding carboxylic acids is 1. The highest BCUT2D eigenvalue weighted by Gasteiger charge is 2.03. The van der Waals surface area contributed by atoms with Crippen LogP contribution in [0.5, 0.6) is 5.75 Å². The maximum atomic E-state index is 11.7. The molecular formula is C8H8F2N2O2. The van der Waals surface area contributed by atoms with Gasteiger partial charge >= 0.3 is 12.6 Å². The summed E-state index contributed by atoms with van der Waals surface area (Å²) in [7, 11) is 0. The minimum atomic E-state index is -2.86. The lowest BCUT2D eigenvalue weighted by Gasteiger charge is -2.05. The standard InChI is InChI=1S/C8H8F2N2O2/c9-7(10)14-6-3-1-5(2-4-6)12-8(11)13/h1-4,7H,(H3,11,12,13). The largest absolute Gasteiger partial charge is 0.435 e. The van der Waals surface area contributed by atoms with Gasteiger partial charge in [0, 0.05) is 5.69 Å². The number of nitrogens with one attached hydrogen (secondary N) is 1. The van der Waals surface area contributed by atoms with Gasteiger partial charge in [0.2, 0.25) is 0 Å². The highest BCUT2D eigenvalue weighted by Crippen LogP contribution is 2.17. The van der Waals surface area contributed by atoms with Gasteiger partial charge < -0.3 is 15.8 Å². The van der Waals surface area contributed by atoms with Gasteiger partial charge in [0.15, 0.2) is 0 Å². The summed E-state index contributed by atoms with van der Waals surface area (Å²) in [6.07, 6.45) is 0. The molecule has 1 aromatic carbocycles. The fourth-order valence-electron chi connectivity index (χ4n) is 0.862. The van der Waals surface area contributed by atoms with Crippen LogP contribution in [0.3, 0.4) is 0 Å². The zero-order valence-electron chi connectivity index (χ0n) is 7.04. The number of nitrogens with two attached hydrogens (primary N) is 1. The maximum Gasteiger partial charge on any atom is 0.387 e. The van der Waals surface area contributed by atoms with E-state index < -0.39 is 12.6 Å². The second kappa shape index (κ2) is 4.40. The number of ether oxygens (including phenoxy) is 1. The highest BCUT2D eigenvalue weighted by molar-refractivity contribution is 5.87. The van der Waals surface area contributed by atoms with E-state index in [9.17, 15) is 13.6 Å². The monoisotopic (exact) mass is 202 g/mol.